The number of benzene rings is 2. The number of aromatic nitrogens is 3. The molecule has 4 rings (SSSR count). The Morgan fingerprint density at radius 2 is 1.94 bits per heavy atom. The van der Waals surface area contributed by atoms with Crippen molar-refractivity contribution in [2.45, 2.75) is 19.4 Å². The normalized spacial score (nSPS) is 12.9. The van der Waals surface area contributed by atoms with Gasteiger partial charge in [-0.2, -0.15) is 15.0 Å². The molecule has 9 heteroatoms. The van der Waals surface area contributed by atoms with Crippen molar-refractivity contribution in [1.29, 1.82) is 0 Å². The summed E-state index contributed by atoms with van der Waals surface area (Å²) in [6.07, 6.45) is 1.77. The van der Waals surface area contributed by atoms with Crippen LogP contribution in [-0.4, -0.2) is 41.5 Å². The van der Waals surface area contributed by atoms with Gasteiger partial charge in [-0.05, 0) is 54.8 Å². The predicted octanol–water partition coefficient (Wildman–Crippen LogP) is 2.86. The predicted molar refractivity (Wildman–Crippen MR) is 119 cm³/mol. The first-order valence-corrected chi connectivity index (χ1v) is 10.0. The van der Waals surface area contributed by atoms with Crippen molar-refractivity contribution >= 4 is 29.2 Å². The second-order valence-electron chi connectivity index (χ2n) is 7.59. The average Bonchev–Trinajstić information content (AvgIpc) is 2.74. The molecule has 2 heterocycles. The minimum Gasteiger partial charge on any atom is -0.368 e. The zero-order chi connectivity index (χ0) is 22.0. The fourth-order valence-corrected chi connectivity index (χ4v) is 3.64. The summed E-state index contributed by atoms with van der Waals surface area (Å²) in [4.78, 5) is 29.5. The molecule has 0 unspecified atom stereocenters. The zero-order valence-corrected chi connectivity index (χ0v) is 17.5. The number of carbonyl (C=O) groups excluding carboxylic acids is 1. The van der Waals surface area contributed by atoms with Gasteiger partial charge in [0.1, 0.15) is 5.82 Å². The zero-order valence-electron chi connectivity index (χ0n) is 17.5. The number of nitrogens with two attached hydrogens (primary N) is 1. The summed E-state index contributed by atoms with van der Waals surface area (Å²) >= 11 is 0. The van der Waals surface area contributed by atoms with Gasteiger partial charge in [0.15, 0.2) is 5.82 Å². The first kappa shape index (κ1) is 20.5. The van der Waals surface area contributed by atoms with Crippen molar-refractivity contribution < 1.29 is 9.18 Å². The van der Waals surface area contributed by atoms with Crippen molar-refractivity contribution in [2.24, 2.45) is 0 Å². The fourth-order valence-electron chi connectivity index (χ4n) is 3.64. The van der Waals surface area contributed by atoms with Crippen molar-refractivity contribution in [3.8, 4) is 0 Å². The van der Waals surface area contributed by atoms with Gasteiger partial charge in [0.2, 0.25) is 11.9 Å². The number of nitrogen functional groups attached to an aromatic ring is 1. The Morgan fingerprint density at radius 1 is 1.16 bits per heavy atom. The van der Waals surface area contributed by atoms with Crippen LogP contribution in [0.5, 0.6) is 0 Å². The Kier molecular flexibility index (Phi) is 5.66. The highest BCUT2D eigenvalue weighted by Crippen LogP contribution is 2.33. The monoisotopic (exact) mass is 421 g/mol. The van der Waals surface area contributed by atoms with E-state index < -0.39 is 0 Å². The molecular weight excluding hydrogens is 397 g/mol. The number of nitrogens with one attached hydrogen (secondary N) is 1. The lowest BCUT2D eigenvalue weighted by Crippen LogP contribution is -2.31. The van der Waals surface area contributed by atoms with Gasteiger partial charge in [0.05, 0.1) is 6.54 Å². The molecule has 1 aliphatic heterocycles. The molecule has 0 bridgehead atoms. The van der Waals surface area contributed by atoms with Gasteiger partial charge in [-0.3, -0.25) is 4.79 Å². The van der Waals surface area contributed by atoms with E-state index in [0.717, 1.165) is 36.3 Å². The molecule has 1 amide bonds. The van der Waals surface area contributed by atoms with Crippen molar-refractivity contribution in [2.75, 3.05) is 41.5 Å². The van der Waals surface area contributed by atoms with Gasteiger partial charge >= 0.3 is 0 Å². The average molecular weight is 421 g/mol. The third-order valence-corrected chi connectivity index (χ3v) is 5.12. The summed E-state index contributed by atoms with van der Waals surface area (Å²) in [5.41, 5.74) is 9.10. The maximum Gasteiger partial charge on any atom is 0.255 e. The standard InChI is InChI=1S/C22H24FN7O/c1-29(2)22-27-19(26-21(24)28-22)13-30-12-4-5-16-17(6-3-7-18(16)30)25-20(31)14-8-10-15(23)11-9-14/h3,6-11H,4-5,12-13H2,1-2H3,(H,25,31)(H2,24,26,27,28). The molecule has 0 aliphatic carbocycles. The van der Waals surface area contributed by atoms with Gasteiger partial charge in [-0.1, -0.05) is 6.07 Å². The highest BCUT2D eigenvalue weighted by Gasteiger charge is 2.22. The van der Waals surface area contributed by atoms with Gasteiger partial charge in [0, 0.05) is 37.6 Å². The second-order valence-corrected chi connectivity index (χ2v) is 7.59. The van der Waals surface area contributed by atoms with E-state index in [4.69, 9.17) is 5.73 Å². The van der Waals surface area contributed by atoms with Crippen LogP contribution in [0.1, 0.15) is 28.2 Å². The molecule has 0 radical (unpaired) electrons. The fraction of sp³-hybridized carbons (Fsp3) is 0.273. The highest BCUT2D eigenvalue weighted by molar-refractivity contribution is 6.05. The van der Waals surface area contributed by atoms with Crippen molar-refractivity contribution in [1.82, 2.24) is 15.0 Å². The Hall–Kier alpha value is -3.75. The van der Waals surface area contributed by atoms with Gasteiger partial charge in [-0.25, -0.2) is 4.39 Å². The molecule has 0 saturated carbocycles. The van der Waals surface area contributed by atoms with Crippen molar-refractivity contribution in [3.63, 3.8) is 0 Å². The summed E-state index contributed by atoms with van der Waals surface area (Å²) < 4.78 is 13.2. The quantitative estimate of drug-likeness (QED) is 0.653. The Bertz CT molecular complexity index is 1100. The number of anilines is 4. The number of hydrogen-bond donors (Lipinski definition) is 2. The van der Waals surface area contributed by atoms with E-state index >= 15 is 0 Å². The van der Waals surface area contributed by atoms with Crippen molar-refractivity contribution in [3.05, 3.63) is 65.2 Å². The lowest BCUT2D eigenvalue weighted by Gasteiger charge is -2.32. The summed E-state index contributed by atoms with van der Waals surface area (Å²) in [7, 11) is 3.70. The van der Waals surface area contributed by atoms with E-state index in [1.807, 2.05) is 32.3 Å². The molecule has 3 aromatic rings. The molecule has 0 atom stereocenters. The molecule has 0 saturated heterocycles. The maximum atomic E-state index is 13.2. The number of halogens is 1. The number of fused-ring (bicyclic) bond motifs is 1. The summed E-state index contributed by atoms with van der Waals surface area (Å²) in [5.74, 6) is 0.642. The van der Waals surface area contributed by atoms with E-state index in [2.05, 4.69) is 25.2 Å². The SMILES string of the molecule is CN(C)c1nc(N)nc(CN2CCCc3c(NC(=O)c4ccc(F)cc4)cccc32)n1. The van der Waals surface area contributed by atoms with Crippen LogP contribution in [0.2, 0.25) is 0 Å². The first-order chi connectivity index (χ1) is 14.9. The van der Waals surface area contributed by atoms with Crippen LogP contribution in [0, 0.1) is 5.82 Å². The van der Waals surface area contributed by atoms with E-state index in [-0.39, 0.29) is 17.7 Å². The number of rotatable bonds is 5. The number of hydrogen-bond acceptors (Lipinski definition) is 7. The molecule has 2 aromatic carbocycles. The molecule has 0 spiro atoms. The second kappa shape index (κ2) is 8.55. The smallest absolute Gasteiger partial charge is 0.255 e. The van der Waals surface area contributed by atoms with E-state index in [9.17, 15) is 9.18 Å². The molecule has 1 aromatic heterocycles. The van der Waals surface area contributed by atoms with Gasteiger partial charge in [-0.15, -0.1) is 0 Å². The molecule has 3 N–H and O–H groups in total. The molecule has 1 aliphatic rings. The van der Waals surface area contributed by atoms with Crippen LogP contribution in [0.25, 0.3) is 0 Å². The van der Waals surface area contributed by atoms with E-state index in [0.29, 0.717) is 23.9 Å². The summed E-state index contributed by atoms with van der Waals surface area (Å²) in [5, 5.41) is 2.97. The van der Waals surface area contributed by atoms with Crippen LogP contribution in [-0.2, 0) is 13.0 Å². The Balaban J connectivity index is 1.58. The van der Waals surface area contributed by atoms with E-state index in [1.165, 1.54) is 24.3 Å². The molecule has 0 fully saturated rings. The largest absolute Gasteiger partial charge is 0.368 e. The summed E-state index contributed by atoms with van der Waals surface area (Å²) in [6.45, 7) is 1.32. The lowest BCUT2D eigenvalue weighted by molar-refractivity contribution is 0.102. The number of nitrogens with zero attached hydrogens (tertiary/aromatic N) is 5. The van der Waals surface area contributed by atoms with E-state index in [1.54, 1.807) is 4.90 Å². The van der Waals surface area contributed by atoms with Crippen LogP contribution >= 0.6 is 0 Å². The minimum atomic E-state index is -0.374. The Labute approximate surface area is 179 Å². The number of carbonyl (C=O) groups is 1. The third-order valence-electron chi connectivity index (χ3n) is 5.12. The van der Waals surface area contributed by atoms with Gasteiger partial charge < -0.3 is 20.9 Å². The number of amides is 1. The molecule has 8 nitrogen and oxygen atoms in total. The van der Waals surface area contributed by atoms with Crippen LogP contribution in [0.15, 0.2) is 42.5 Å². The third kappa shape index (κ3) is 4.55. The highest BCUT2D eigenvalue weighted by atomic mass is 19.1. The van der Waals surface area contributed by atoms with Crippen LogP contribution < -0.4 is 20.9 Å². The molecular formula is C22H24FN7O. The minimum absolute atomic E-state index is 0.186. The molecule has 31 heavy (non-hydrogen) atoms. The lowest BCUT2D eigenvalue weighted by atomic mass is 9.99. The van der Waals surface area contributed by atoms with Gasteiger partial charge in [0.25, 0.3) is 5.91 Å². The van der Waals surface area contributed by atoms with Crippen LogP contribution in [0.4, 0.5) is 27.7 Å². The Morgan fingerprint density at radius 3 is 2.68 bits per heavy atom. The molecule has 160 valence electrons. The summed E-state index contributed by atoms with van der Waals surface area (Å²) in [6, 6.07) is 11.3. The topological polar surface area (TPSA) is 100 Å². The first-order valence-electron chi connectivity index (χ1n) is 10.0. The maximum absolute atomic E-state index is 13.2. The van der Waals surface area contributed by atoms with Crippen LogP contribution in [0.3, 0.4) is 0 Å².